The first-order chi connectivity index (χ1) is 6.99. The molecule has 88 valence electrons. The van der Waals surface area contributed by atoms with E-state index in [2.05, 4.69) is 17.2 Å². The molecule has 0 aliphatic rings. The fourth-order valence-electron chi connectivity index (χ4n) is 1.35. The third kappa shape index (κ3) is 9.61. The number of nitrogens with one attached hydrogen (secondary N) is 1. The second-order valence-corrected chi connectivity index (χ2v) is 3.37. The summed E-state index contributed by atoms with van der Waals surface area (Å²) in [6.07, 6.45) is -3.28. The fraction of sp³-hybridized carbons (Fsp3) is 0.818. The highest BCUT2D eigenvalue weighted by Crippen LogP contribution is 2.23. The second kappa shape index (κ2) is 7.58. The van der Waals surface area contributed by atoms with Gasteiger partial charge in [0.05, 0.1) is 0 Å². The van der Waals surface area contributed by atoms with Gasteiger partial charge in [0.1, 0.15) is 0 Å². The molecule has 0 rings (SSSR count). The van der Waals surface area contributed by atoms with Gasteiger partial charge >= 0.3 is 6.18 Å². The van der Waals surface area contributed by atoms with E-state index >= 15 is 0 Å². The van der Waals surface area contributed by atoms with Crippen molar-refractivity contribution in [1.29, 1.82) is 0 Å². The van der Waals surface area contributed by atoms with Crippen molar-refractivity contribution in [1.82, 2.24) is 5.32 Å². The normalized spacial score (nSPS) is 13.1. The quantitative estimate of drug-likeness (QED) is 0.679. The summed E-state index contributed by atoms with van der Waals surface area (Å²) < 4.78 is 36.0. The van der Waals surface area contributed by atoms with Gasteiger partial charge in [-0.25, -0.2) is 0 Å². The number of halogens is 3. The lowest BCUT2D eigenvalue weighted by Gasteiger charge is -2.17. The minimum absolute atomic E-state index is 0.0718. The summed E-state index contributed by atoms with van der Waals surface area (Å²) in [6, 6.07) is -0.0718. The van der Waals surface area contributed by atoms with Crippen LogP contribution in [-0.2, 0) is 0 Å². The van der Waals surface area contributed by atoms with Crippen LogP contribution in [0.25, 0.3) is 0 Å². The van der Waals surface area contributed by atoms with Crippen molar-refractivity contribution in [3.8, 4) is 11.8 Å². The lowest BCUT2D eigenvalue weighted by molar-refractivity contribution is -0.136. The Bertz CT molecular complexity index is 212. The van der Waals surface area contributed by atoms with Crippen LogP contribution in [0, 0.1) is 11.8 Å². The molecular weight excluding hydrogens is 203 g/mol. The molecule has 0 aromatic rings. The van der Waals surface area contributed by atoms with Crippen molar-refractivity contribution < 1.29 is 13.2 Å². The van der Waals surface area contributed by atoms with Gasteiger partial charge in [0.25, 0.3) is 0 Å². The minimum Gasteiger partial charge on any atom is -0.314 e. The molecule has 0 saturated heterocycles. The molecule has 4 heteroatoms. The fourth-order valence-corrected chi connectivity index (χ4v) is 1.35. The van der Waals surface area contributed by atoms with Crippen molar-refractivity contribution in [3.63, 3.8) is 0 Å². The Morgan fingerprint density at radius 2 is 1.93 bits per heavy atom. The molecule has 1 N–H and O–H groups in total. The average molecular weight is 221 g/mol. The van der Waals surface area contributed by atoms with E-state index in [0.29, 0.717) is 19.4 Å². The van der Waals surface area contributed by atoms with Crippen molar-refractivity contribution in [2.45, 2.75) is 51.7 Å². The van der Waals surface area contributed by atoms with Crippen LogP contribution in [0.5, 0.6) is 0 Å². The number of hydrogen-bond acceptors (Lipinski definition) is 1. The number of alkyl halides is 3. The van der Waals surface area contributed by atoms with E-state index in [9.17, 15) is 13.2 Å². The van der Waals surface area contributed by atoms with Gasteiger partial charge in [0.2, 0.25) is 0 Å². The van der Waals surface area contributed by atoms with E-state index in [1.54, 1.807) is 6.92 Å². The van der Waals surface area contributed by atoms with Gasteiger partial charge in [-0.1, -0.05) is 6.92 Å². The molecule has 0 aromatic heterocycles. The van der Waals surface area contributed by atoms with Crippen molar-refractivity contribution in [2.75, 3.05) is 6.54 Å². The van der Waals surface area contributed by atoms with Crippen LogP contribution in [0.2, 0.25) is 0 Å². The lowest BCUT2D eigenvalue weighted by Crippen LogP contribution is -2.30. The standard InChI is InChI=1S/C11H18F3N/c1-3-5-6-7-10(15-4-2)8-9-11(12,13)14/h10,15H,4,6-9H2,1-2H3. The highest BCUT2D eigenvalue weighted by molar-refractivity contribution is 4.95. The molecule has 0 amide bonds. The molecule has 0 aliphatic heterocycles. The van der Waals surface area contributed by atoms with Crippen molar-refractivity contribution in [2.24, 2.45) is 0 Å². The second-order valence-electron chi connectivity index (χ2n) is 3.37. The predicted octanol–water partition coefficient (Wildman–Crippen LogP) is 3.11. The topological polar surface area (TPSA) is 12.0 Å². The molecular formula is C11H18F3N. The molecule has 15 heavy (non-hydrogen) atoms. The third-order valence-corrected chi connectivity index (χ3v) is 2.06. The van der Waals surface area contributed by atoms with Gasteiger partial charge in [-0.2, -0.15) is 13.2 Å². The highest BCUT2D eigenvalue weighted by atomic mass is 19.4. The van der Waals surface area contributed by atoms with Crippen LogP contribution < -0.4 is 5.32 Å². The maximum atomic E-state index is 12.0. The Labute approximate surface area is 89.4 Å². The van der Waals surface area contributed by atoms with Gasteiger partial charge in [0.15, 0.2) is 0 Å². The predicted molar refractivity (Wildman–Crippen MR) is 55.4 cm³/mol. The maximum absolute atomic E-state index is 12.0. The van der Waals surface area contributed by atoms with Gasteiger partial charge in [-0.05, 0) is 26.3 Å². The number of hydrogen-bond donors (Lipinski definition) is 1. The van der Waals surface area contributed by atoms with E-state index in [1.807, 2.05) is 6.92 Å². The van der Waals surface area contributed by atoms with Crippen LogP contribution in [-0.4, -0.2) is 18.8 Å². The van der Waals surface area contributed by atoms with E-state index in [0.717, 1.165) is 0 Å². The van der Waals surface area contributed by atoms with E-state index in [4.69, 9.17) is 0 Å². The first kappa shape index (κ1) is 14.3. The molecule has 0 bridgehead atoms. The molecule has 0 heterocycles. The highest BCUT2D eigenvalue weighted by Gasteiger charge is 2.27. The summed E-state index contributed by atoms with van der Waals surface area (Å²) in [5, 5.41) is 3.05. The Morgan fingerprint density at radius 3 is 2.40 bits per heavy atom. The first-order valence-corrected chi connectivity index (χ1v) is 5.19. The Kier molecular flexibility index (Phi) is 7.23. The van der Waals surface area contributed by atoms with Crippen molar-refractivity contribution >= 4 is 0 Å². The number of rotatable bonds is 6. The van der Waals surface area contributed by atoms with Crippen LogP contribution in [0.15, 0.2) is 0 Å². The molecule has 0 aromatic carbocycles. The summed E-state index contributed by atoms with van der Waals surface area (Å²) >= 11 is 0. The average Bonchev–Trinajstić information content (AvgIpc) is 2.13. The van der Waals surface area contributed by atoms with Crippen molar-refractivity contribution in [3.05, 3.63) is 0 Å². The molecule has 0 spiro atoms. The van der Waals surface area contributed by atoms with Gasteiger partial charge in [-0.15, -0.1) is 11.8 Å². The van der Waals surface area contributed by atoms with Gasteiger partial charge in [-0.3, -0.25) is 0 Å². The Hall–Kier alpha value is -0.690. The smallest absolute Gasteiger partial charge is 0.314 e. The summed E-state index contributed by atoms with van der Waals surface area (Å²) in [7, 11) is 0. The van der Waals surface area contributed by atoms with Crippen LogP contribution >= 0.6 is 0 Å². The molecule has 0 fully saturated rings. The molecule has 0 aliphatic carbocycles. The third-order valence-electron chi connectivity index (χ3n) is 2.06. The Morgan fingerprint density at radius 1 is 1.27 bits per heavy atom. The van der Waals surface area contributed by atoms with Crippen LogP contribution in [0.1, 0.15) is 39.5 Å². The zero-order chi connectivity index (χ0) is 11.7. The molecule has 1 nitrogen and oxygen atoms in total. The zero-order valence-electron chi connectivity index (χ0n) is 9.25. The summed E-state index contributed by atoms with van der Waals surface area (Å²) in [5.74, 6) is 5.60. The van der Waals surface area contributed by atoms with Gasteiger partial charge in [0, 0.05) is 18.9 Å². The Balaban J connectivity index is 3.85. The summed E-state index contributed by atoms with van der Waals surface area (Å²) in [5.41, 5.74) is 0. The molecule has 0 saturated carbocycles. The SMILES string of the molecule is CC#CCCC(CCC(F)(F)F)NCC. The lowest BCUT2D eigenvalue weighted by atomic mass is 10.1. The monoisotopic (exact) mass is 221 g/mol. The minimum atomic E-state index is -4.05. The van der Waals surface area contributed by atoms with E-state index in [1.165, 1.54) is 0 Å². The van der Waals surface area contributed by atoms with Gasteiger partial charge < -0.3 is 5.32 Å². The van der Waals surface area contributed by atoms with Crippen LogP contribution in [0.3, 0.4) is 0 Å². The zero-order valence-corrected chi connectivity index (χ0v) is 9.25. The molecule has 0 radical (unpaired) electrons. The molecule has 1 atom stereocenters. The summed E-state index contributed by atoms with van der Waals surface area (Å²) in [6.45, 7) is 4.33. The molecule has 1 unspecified atom stereocenters. The van der Waals surface area contributed by atoms with E-state index < -0.39 is 12.6 Å². The van der Waals surface area contributed by atoms with E-state index in [-0.39, 0.29) is 12.5 Å². The van der Waals surface area contributed by atoms with Crippen LogP contribution in [0.4, 0.5) is 13.2 Å². The largest absolute Gasteiger partial charge is 0.389 e. The maximum Gasteiger partial charge on any atom is 0.389 e. The summed E-state index contributed by atoms with van der Waals surface area (Å²) in [4.78, 5) is 0. The first-order valence-electron chi connectivity index (χ1n) is 5.19.